The fourth-order valence-corrected chi connectivity index (χ4v) is 4.48. The molecule has 1 heterocycles. The van der Waals surface area contributed by atoms with Crippen LogP contribution in [0.15, 0.2) is 66.7 Å². The molecular formula is C28H34N4O3. The molecule has 0 aromatic heterocycles. The van der Waals surface area contributed by atoms with E-state index >= 15 is 0 Å². The van der Waals surface area contributed by atoms with Crippen molar-refractivity contribution in [1.82, 2.24) is 10.2 Å². The molecule has 7 heteroatoms. The summed E-state index contributed by atoms with van der Waals surface area (Å²) in [6.45, 7) is 2.27. The van der Waals surface area contributed by atoms with E-state index in [4.69, 9.17) is 9.47 Å². The Morgan fingerprint density at radius 3 is 2.26 bits per heavy atom. The van der Waals surface area contributed by atoms with E-state index in [1.54, 1.807) is 32.4 Å². The number of ether oxygens (including phenoxy) is 2. The Hall–Kier alpha value is -3.71. The lowest BCUT2D eigenvalue weighted by Gasteiger charge is -2.36. The number of anilines is 2. The molecule has 1 unspecified atom stereocenters. The lowest BCUT2D eigenvalue weighted by molar-refractivity contribution is 0.175. The second-order valence-corrected chi connectivity index (χ2v) is 8.93. The van der Waals surface area contributed by atoms with Crippen molar-refractivity contribution in [3.63, 3.8) is 0 Å². The number of nitrogens with one attached hydrogen (secondary N) is 2. The number of methoxy groups -OCH3 is 2. The Balaban J connectivity index is 1.50. The van der Waals surface area contributed by atoms with Gasteiger partial charge in [-0.3, -0.25) is 4.90 Å². The lowest BCUT2D eigenvalue weighted by Crippen LogP contribution is -2.41. The molecule has 0 radical (unpaired) electrons. The zero-order valence-electron chi connectivity index (χ0n) is 20.9. The molecular weight excluding hydrogens is 440 g/mol. The standard InChI is InChI=1S/C28H34N4O3/c1-31(2)24-11-9-21(10-12-24)27(32-14-13-20-7-5-6-8-22(20)19-32)18-29-28(33)30-23-15-25(34-3)17-26(16-23)35-4/h5-12,15-17,27H,13-14,18-19H2,1-4H3,(H2,29,30,33). The molecule has 1 aliphatic rings. The lowest BCUT2D eigenvalue weighted by atomic mass is 9.96. The van der Waals surface area contributed by atoms with Gasteiger partial charge in [0.2, 0.25) is 0 Å². The van der Waals surface area contributed by atoms with Crippen LogP contribution >= 0.6 is 0 Å². The Bertz CT molecular complexity index is 1120. The number of urea groups is 1. The van der Waals surface area contributed by atoms with Crippen molar-refractivity contribution in [2.75, 3.05) is 51.6 Å². The highest BCUT2D eigenvalue weighted by Crippen LogP contribution is 2.29. The molecule has 7 nitrogen and oxygen atoms in total. The molecule has 0 fully saturated rings. The van der Waals surface area contributed by atoms with E-state index in [-0.39, 0.29) is 12.1 Å². The Morgan fingerprint density at radius 1 is 0.971 bits per heavy atom. The van der Waals surface area contributed by atoms with Crippen LogP contribution in [-0.4, -0.2) is 52.3 Å². The number of fused-ring (bicyclic) bond motifs is 1. The van der Waals surface area contributed by atoms with Gasteiger partial charge in [0.25, 0.3) is 0 Å². The van der Waals surface area contributed by atoms with Crippen molar-refractivity contribution in [1.29, 1.82) is 0 Å². The van der Waals surface area contributed by atoms with E-state index in [1.165, 1.54) is 16.7 Å². The average Bonchev–Trinajstić information content (AvgIpc) is 2.88. The molecule has 1 atom stereocenters. The molecule has 0 spiro atoms. The number of carbonyl (C=O) groups is 1. The minimum absolute atomic E-state index is 0.0464. The zero-order valence-corrected chi connectivity index (χ0v) is 20.9. The summed E-state index contributed by atoms with van der Waals surface area (Å²) in [5.41, 5.74) is 5.69. The van der Waals surface area contributed by atoms with E-state index in [1.807, 2.05) is 14.1 Å². The van der Waals surface area contributed by atoms with Crippen LogP contribution in [-0.2, 0) is 13.0 Å². The molecule has 3 aromatic rings. The second-order valence-electron chi connectivity index (χ2n) is 8.93. The van der Waals surface area contributed by atoms with Crippen LogP contribution in [0.2, 0.25) is 0 Å². The monoisotopic (exact) mass is 474 g/mol. The second kappa shape index (κ2) is 11.1. The predicted molar refractivity (Wildman–Crippen MR) is 141 cm³/mol. The summed E-state index contributed by atoms with van der Waals surface area (Å²) < 4.78 is 10.6. The van der Waals surface area contributed by atoms with Gasteiger partial charge in [0.1, 0.15) is 11.5 Å². The Labute approximate surface area is 207 Å². The van der Waals surface area contributed by atoms with Crippen molar-refractivity contribution in [3.8, 4) is 11.5 Å². The van der Waals surface area contributed by atoms with Crippen LogP contribution in [0.25, 0.3) is 0 Å². The van der Waals surface area contributed by atoms with Gasteiger partial charge in [0.05, 0.1) is 20.3 Å². The number of hydrogen-bond donors (Lipinski definition) is 2. The number of amides is 2. The SMILES string of the molecule is COc1cc(NC(=O)NCC(c2ccc(N(C)C)cc2)N2CCc3ccccc3C2)cc(OC)c1. The van der Waals surface area contributed by atoms with Crippen LogP contribution in [0.5, 0.6) is 11.5 Å². The van der Waals surface area contributed by atoms with Gasteiger partial charge < -0.3 is 25.0 Å². The molecule has 0 bridgehead atoms. The maximum Gasteiger partial charge on any atom is 0.319 e. The fraction of sp³-hybridized carbons (Fsp3) is 0.321. The predicted octanol–water partition coefficient (Wildman–Crippen LogP) is 4.69. The molecule has 0 saturated heterocycles. The van der Waals surface area contributed by atoms with Gasteiger partial charge in [0.15, 0.2) is 0 Å². The molecule has 2 N–H and O–H groups in total. The van der Waals surface area contributed by atoms with Gasteiger partial charge >= 0.3 is 6.03 Å². The maximum absolute atomic E-state index is 12.8. The molecule has 35 heavy (non-hydrogen) atoms. The normalized spacial score (nSPS) is 13.9. The van der Waals surface area contributed by atoms with Crippen molar-refractivity contribution in [2.24, 2.45) is 0 Å². The third-order valence-electron chi connectivity index (χ3n) is 6.46. The summed E-state index contributed by atoms with van der Waals surface area (Å²) in [5.74, 6) is 1.23. The highest BCUT2D eigenvalue weighted by molar-refractivity contribution is 5.89. The quantitative estimate of drug-likeness (QED) is 0.496. The first-order valence-electron chi connectivity index (χ1n) is 11.8. The largest absolute Gasteiger partial charge is 0.497 e. The minimum Gasteiger partial charge on any atom is -0.497 e. The van der Waals surface area contributed by atoms with Crippen LogP contribution in [0.3, 0.4) is 0 Å². The number of carbonyl (C=O) groups excluding carboxylic acids is 1. The Kier molecular flexibility index (Phi) is 7.77. The molecule has 184 valence electrons. The number of rotatable bonds is 8. The molecule has 0 aliphatic carbocycles. The fourth-order valence-electron chi connectivity index (χ4n) is 4.48. The maximum atomic E-state index is 12.8. The Morgan fingerprint density at radius 2 is 1.63 bits per heavy atom. The summed E-state index contributed by atoms with van der Waals surface area (Å²) in [4.78, 5) is 17.4. The van der Waals surface area contributed by atoms with E-state index in [9.17, 15) is 4.79 Å². The minimum atomic E-state index is -0.271. The van der Waals surface area contributed by atoms with Crippen molar-refractivity contribution in [3.05, 3.63) is 83.4 Å². The highest BCUT2D eigenvalue weighted by atomic mass is 16.5. The summed E-state index contributed by atoms with van der Waals surface area (Å²) in [6.07, 6.45) is 0.998. The van der Waals surface area contributed by atoms with Gasteiger partial charge in [-0.15, -0.1) is 0 Å². The third kappa shape index (κ3) is 6.05. The number of nitrogens with zero attached hydrogens (tertiary/aromatic N) is 2. The highest BCUT2D eigenvalue weighted by Gasteiger charge is 2.25. The van der Waals surface area contributed by atoms with Crippen molar-refractivity contribution in [2.45, 2.75) is 19.0 Å². The molecule has 0 saturated carbocycles. The van der Waals surface area contributed by atoms with E-state index < -0.39 is 0 Å². The molecule has 3 aromatic carbocycles. The van der Waals surface area contributed by atoms with Crippen molar-refractivity contribution < 1.29 is 14.3 Å². The van der Waals surface area contributed by atoms with Gasteiger partial charge in [0, 0.05) is 63.3 Å². The zero-order chi connectivity index (χ0) is 24.8. The van der Waals surface area contributed by atoms with E-state index in [0.717, 1.165) is 25.2 Å². The number of hydrogen-bond acceptors (Lipinski definition) is 5. The van der Waals surface area contributed by atoms with Gasteiger partial charge in [-0.05, 0) is 35.2 Å². The van der Waals surface area contributed by atoms with Crippen LogP contribution < -0.4 is 25.0 Å². The average molecular weight is 475 g/mol. The summed E-state index contributed by atoms with van der Waals surface area (Å²) in [6, 6.07) is 22.3. The summed E-state index contributed by atoms with van der Waals surface area (Å²) >= 11 is 0. The molecule has 2 amide bonds. The third-order valence-corrected chi connectivity index (χ3v) is 6.46. The van der Waals surface area contributed by atoms with Gasteiger partial charge in [-0.1, -0.05) is 36.4 Å². The first kappa shape index (κ1) is 24.4. The van der Waals surface area contributed by atoms with E-state index in [2.05, 4.69) is 69.0 Å². The van der Waals surface area contributed by atoms with Gasteiger partial charge in [-0.2, -0.15) is 0 Å². The van der Waals surface area contributed by atoms with Crippen LogP contribution in [0, 0.1) is 0 Å². The van der Waals surface area contributed by atoms with Gasteiger partial charge in [-0.25, -0.2) is 4.79 Å². The molecule has 4 rings (SSSR count). The number of benzene rings is 3. The first-order chi connectivity index (χ1) is 17.0. The first-order valence-corrected chi connectivity index (χ1v) is 11.8. The van der Waals surface area contributed by atoms with Crippen LogP contribution in [0.1, 0.15) is 22.7 Å². The van der Waals surface area contributed by atoms with Crippen molar-refractivity contribution >= 4 is 17.4 Å². The summed E-state index contributed by atoms with van der Waals surface area (Å²) in [7, 11) is 7.24. The molecule has 1 aliphatic heterocycles. The van der Waals surface area contributed by atoms with Crippen LogP contribution in [0.4, 0.5) is 16.2 Å². The van der Waals surface area contributed by atoms with E-state index in [0.29, 0.717) is 23.7 Å². The smallest absolute Gasteiger partial charge is 0.319 e. The topological polar surface area (TPSA) is 66.1 Å². The summed E-state index contributed by atoms with van der Waals surface area (Å²) in [5, 5.41) is 5.99.